The molecule has 0 aromatic heterocycles. The molecule has 1 N–H and O–H groups in total. The third-order valence-corrected chi connectivity index (χ3v) is 7.82. The molecule has 4 aromatic carbocycles. The van der Waals surface area contributed by atoms with Crippen LogP contribution in [0.25, 0.3) is 0 Å². The summed E-state index contributed by atoms with van der Waals surface area (Å²) in [4.78, 5) is 2.15. The molecule has 0 unspecified atom stereocenters. The minimum absolute atomic E-state index is 0.209. The van der Waals surface area contributed by atoms with Gasteiger partial charge in [-0.05, 0) is 48.5 Å². The molecule has 5 nitrogen and oxygen atoms in total. The minimum atomic E-state index is -3.32. The topological polar surface area (TPSA) is 66.8 Å². The van der Waals surface area contributed by atoms with E-state index in [1.807, 2.05) is 73.6 Å². The number of aliphatic hydroxyl groups is 1. The van der Waals surface area contributed by atoms with Crippen LogP contribution >= 0.6 is 0 Å². The molecule has 0 aliphatic heterocycles. The average Bonchev–Trinajstić information content (AvgIpc) is 2.92. The van der Waals surface area contributed by atoms with E-state index in [-0.39, 0.29) is 11.5 Å². The Balaban J connectivity index is 1.75. The minimum Gasteiger partial charge on any atom is -0.387 e. The van der Waals surface area contributed by atoms with E-state index in [1.54, 1.807) is 12.1 Å². The number of rotatable bonds is 10. The first-order valence-corrected chi connectivity index (χ1v) is 14.1. The van der Waals surface area contributed by atoms with E-state index in [0.29, 0.717) is 5.56 Å². The maximum Gasteiger partial charge on any atom is 0.175 e. The van der Waals surface area contributed by atoms with Crippen LogP contribution in [0.5, 0.6) is 0 Å². The van der Waals surface area contributed by atoms with Crippen molar-refractivity contribution in [2.75, 3.05) is 27.0 Å². The lowest BCUT2D eigenvalue weighted by atomic mass is 9.80. The van der Waals surface area contributed by atoms with Crippen LogP contribution in [0.1, 0.15) is 28.4 Å². The Morgan fingerprint density at radius 2 is 1.14 bits per heavy atom. The molecule has 0 saturated carbocycles. The van der Waals surface area contributed by atoms with Gasteiger partial charge in [-0.25, -0.2) is 8.42 Å². The van der Waals surface area contributed by atoms with Crippen LogP contribution < -0.4 is 0 Å². The summed E-state index contributed by atoms with van der Waals surface area (Å²) in [6.45, 7) is 0.209. The van der Waals surface area contributed by atoms with Crippen molar-refractivity contribution in [3.05, 3.63) is 138 Å². The van der Waals surface area contributed by atoms with Gasteiger partial charge >= 0.3 is 0 Å². The van der Waals surface area contributed by atoms with Crippen LogP contribution in [0.4, 0.5) is 0 Å². The average molecular weight is 516 g/mol. The van der Waals surface area contributed by atoms with Gasteiger partial charge < -0.3 is 14.7 Å². The highest BCUT2D eigenvalue weighted by molar-refractivity contribution is 7.90. The Labute approximate surface area is 219 Å². The Bertz CT molecular complexity index is 1280. The molecule has 0 spiro atoms. The first-order chi connectivity index (χ1) is 17.7. The lowest BCUT2D eigenvalue weighted by Crippen LogP contribution is -2.42. The standard InChI is InChI=1S/C31H33NO4S/c1-32(2)29(30(33)24-19-21-28(22-20-24)37(3,34)35)23-36-31(25-13-7-4-8-14-25,26-15-9-5-10-16-26)27-17-11-6-12-18-27/h4-22,29-30,33H,23H2,1-3H3/t29-,30-/m1/s1. The number of hydrogen-bond donors (Lipinski definition) is 1. The van der Waals surface area contributed by atoms with Crippen LogP contribution in [0.3, 0.4) is 0 Å². The van der Waals surface area contributed by atoms with Gasteiger partial charge in [-0.15, -0.1) is 0 Å². The summed E-state index contributed by atoms with van der Waals surface area (Å²) in [5, 5.41) is 11.4. The van der Waals surface area contributed by atoms with E-state index in [1.165, 1.54) is 18.4 Å². The molecule has 0 aliphatic rings. The fourth-order valence-electron chi connectivity index (χ4n) is 4.64. The van der Waals surface area contributed by atoms with Crippen LogP contribution in [0.2, 0.25) is 0 Å². The van der Waals surface area contributed by atoms with Gasteiger partial charge in [0.1, 0.15) is 5.60 Å². The zero-order chi connectivity index (χ0) is 26.5. The normalized spacial score (nSPS) is 13.9. The summed E-state index contributed by atoms with van der Waals surface area (Å²) < 4.78 is 30.7. The van der Waals surface area contributed by atoms with Gasteiger partial charge in [0.15, 0.2) is 9.84 Å². The number of aliphatic hydroxyl groups excluding tert-OH is 1. The van der Waals surface area contributed by atoms with Crippen molar-refractivity contribution in [3.8, 4) is 0 Å². The van der Waals surface area contributed by atoms with Crippen molar-refractivity contribution in [1.29, 1.82) is 0 Å². The van der Waals surface area contributed by atoms with Gasteiger partial charge in [0.05, 0.1) is 23.6 Å². The number of ether oxygens (including phenoxy) is 1. The van der Waals surface area contributed by atoms with E-state index >= 15 is 0 Å². The number of nitrogens with zero attached hydrogens (tertiary/aromatic N) is 1. The Hall–Kier alpha value is -3.29. The molecule has 0 fully saturated rings. The van der Waals surface area contributed by atoms with E-state index in [2.05, 4.69) is 36.4 Å². The number of hydrogen-bond acceptors (Lipinski definition) is 5. The molecule has 0 bridgehead atoms. The van der Waals surface area contributed by atoms with Gasteiger partial charge in [0.2, 0.25) is 0 Å². The lowest BCUT2D eigenvalue weighted by Gasteiger charge is -2.39. The monoisotopic (exact) mass is 515 g/mol. The van der Waals surface area contributed by atoms with E-state index < -0.39 is 27.6 Å². The quantitative estimate of drug-likeness (QED) is 0.299. The fraction of sp³-hybridized carbons (Fsp3) is 0.226. The zero-order valence-corrected chi connectivity index (χ0v) is 22.2. The summed E-state index contributed by atoms with van der Waals surface area (Å²) in [6, 6.07) is 36.3. The molecular formula is C31H33NO4S. The molecule has 0 saturated heterocycles. The first-order valence-electron chi connectivity index (χ1n) is 12.2. The highest BCUT2D eigenvalue weighted by Gasteiger charge is 2.39. The van der Waals surface area contributed by atoms with E-state index in [0.717, 1.165) is 16.7 Å². The molecule has 0 amide bonds. The van der Waals surface area contributed by atoms with Crippen molar-refractivity contribution < 1.29 is 18.3 Å². The van der Waals surface area contributed by atoms with Crippen LogP contribution in [0.15, 0.2) is 120 Å². The summed E-state index contributed by atoms with van der Waals surface area (Å²) in [5.41, 5.74) is 2.67. The van der Waals surface area contributed by atoms with Gasteiger partial charge in [-0.2, -0.15) is 0 Å². The summed E-state index contributed by atoms with van der Waals surface area (Å²) in [6.07, 6.45) is 0.272. The van der Waals surface area contributed by atoms with Crippen LogP contribution in [0, 0.1) is 0 Å². The fourth-order valence-corrected chi connectivity index (χ4v) is 5.27. The summed E-state index contributed by atoms with van der Waals surface area (Å²) >= 11 is 0. The lowest BCUT2D eigenvalue weighted by molar-refractivity contribution is -0.0480. The van der Waals surface area contributed by atoms with Crippen molar-refractivity contribution in [3.63, 3.8) is 0 Å². The molecule has 37 heavy (non-hydrogen) atoms. The summed E-state index contributed by atoms with van der Waals surface area (Å²) in [7, 11) is 0.480. The van der Waals surface area contributed by atoms with E-state index in [9.17, 15) is 13.5 Å². The predicted molar refractivity (Wildman–Crippen MR) is 147 cm³/mol. The second-order valence-electron chi connectivity index (χ2n) is 9.41. The maximum atomic E-state index is 11.9. The SMILES string of the molecule is CN(C)[C@H](COC(c1ccccc1)(c1ccccc1)c1ccccc1)[C@H](O)c1ccc(S(C)(=O)=O)cc1. The predicted octanol–water partition coefficient (Wildman–Crippen LogP) is 5.06. The number of likely N-dealkylation sites (N-methyl/N-ethyl adjacent to an activating group) is 1. The molecule has 0 radical (unpaired) electrons. The molecule has 2 atom stereocenters. The second-order valence-corrected chi connectivity index (χ2v) is 11.4. The molecule has 6 heteroatoms. The molecular weight excluding hydrogens is 482 g/mol. The van der Waals surface area contributed by atoms with Gasteiger partial charge in [0, 0.05) is 6.26 Å². The van der Waals surface area contributed by atoms with Crippen LogP contribution in [-0.4, -0.2) is 51.4 Å². The smallest absolute Gasteiger partial charge is 0.175 e. The third kappa shape index (κ3) is 5.84. The highest BCUT2D eigenvalue weighted by atomic mass is 32.2. The van der Waals surface area contributed by atoms with Crippen molar-refractivity contribution in [2.24, 2.45) is 0 Å². The number of benzene rings is 4. The largest absolute Gasteiger partial charge is 0.387 e. The Morgan fingerprint density at radius 3 is 1.49 bits per heavy atom. The zero-order valence-electron chi connectivity index (χ0n) is 21.4. The third-order valence-electron chi connectivity index (χ3n) is 6.69. The van der Waals surface area contributed by atoms with Crippen molar-refractivity contribution in [1.82, 2.24) is 4.90 Å². The van der Waals surface area contributed by atoms with Gasteiger partial charge in [-0.3, -0.25) is 0 Å². The molecule has 192 valence electrons. The van der Waals surface area contributed by atoms with Crippen molar-refractivity contribution >= 4 is 9.84 Å². The highest BCUT2D eigenvalue weighted by Crippen LogP contribution is 2.41. The van der Waals surface area contributed by atoms with Gasteiger partial charge in [-0.1, -0.05) is 103 Å². The Kier molecular flexibility index (Phi) is 8.25. The molecule has 4 rings (SSSR count). The molecule has 4 aromatic rings. The second kappa shape index (κ2) is 11.4. The van der Waals surface area contributed by atoms with Crippen molar-refractivity contribution in [2.45, 2.75) is 22.6 Å². The number of sulfone groups is 1. The summed E-state index contributed by atoms with van der Waals surface area (Å²) in [5.74, 6) is 0. The Morgan fingerprint density at radius 1 is 0.730 bits per heavy atom. The maximum absolute atomic E-state index is 11.9. The first kappa shape index (κ1) is 26.8. The van der Waals surface area contributed by atoms with Gasteiger partial charge in [0.25, 0.3) is 0 Å². The van der Waals surface area contributed by atoms with Crippen LogP contribution in [-0.2, 0) is 20.2 Å². The molecule has 0 aliphatic carbocycles. The molecule has 0 heterocycles. The van der Waals surface area contributed by atoms with E-state index in [4.69, 9.17) is 4.74 Å².